The molecule has 1 N–H and O–H groups in total. The summed E-state index contributed by atoms with van der Waals surface area (Å²) in [6.07, 6.45) is 5.17. The topological polar surface area (TPSA) is 43.8 Å². The predicted molar refractivity (Wildman–Crippen MR) is 91.5 cm³/mol. The van der Waals surface area contributed by atoms with Gasteiger partial charge >= 0.3 is 5.97 Å². The summed E-state index contributed by atoms with van der Waals surface area (Å²) in [6.45, 7) is 5.27. The van der Waals surface area contributed by atoms with Crippen LogP contribution >= 0.6 is 0 Å². The standard InChI is InChI=1S/C19H28N2O2/c22-19(23)10-12-21-14-17-8-9-18(21)15-20(13-17)11-4-7-16-5-2-1-3-6-16/h1-3,5-6,17-18H,4,7-15H2,(H,22,23)/t17-,18+/m1/s1. The fraction of sp³-hybridized carbons (Fsp3) is 0.632. The molecule has 0 unspecified atom stereocenters. The van der Waals surface area contributed by atoms with Crippen molar-refractivity contribution in [1.82, 2.24) is 9.80 Å². The minimum atomic E-state index is -0.676. The van der Waals surface area contributed by atoms with Crippen LogP contribution in [0.4, 0.5) is 0 Å². The lowest BCUT2D eigenvalue weighted by Crippen LogP contribution is -2.44. The highest BCUT2D eigenvalue weighted by molar-refractivity contribution is 5.66. The van der Waals surface area contributed by atoms with Crippen LogP contribution < -0.4 is 0 Å². The highest BCUT2D eigenvalue weighted by Crippen LogP contribution is 2.28. The molecule has 0 radical (unpaired) electrons. The molecule has 2 bridgehead atoms. The van der Waals surface area contributed by atoms with Crippen molar-refractivity contribution in [3.63, 3.8) is 0 Å². The average Bonchev–Trinajstić information content (AvgIpc) is 2.84. The summed E-state index contributed by atoms with van der Waals surface area (Å²) in [5.74, 6) is 0.0455. The van der Waals surface area contributed by atoms with Crippen molar-refractivity contribution in [3.8, 4) is 0 Å². The Kier molecular flexibility index (Phi) is 5.68. The SMILES string of the molecule is O=C(O)CCN1C[C@@H]2CC[C@H]1CN(CCCc1ccccc1)C2. The molecule has 1 aromatic carbocycles. The first-order valence-corrected chi connectivity index (χ1v) is 8.93. The Bertz CT molecular complexity index is 505. The normalized spacial score (nSPS) is 25.4. The summed E-state index contributed by atoms with van der Waals surface area (Å²) < 4.78 is 0. The second-order valence-electron chi connectivity index (χ2n) is 7.08. The quantitative estimate of drug-likeness (QED) is 0.839. The molecule has 3 fully saturated rings. The number of fused-ring (bicyclic) bond motifs is 4. The number of benzene rings is 1. The van der Waals surface area contributed by atoms with E-state index in [4.69, 9.17) is 5.11 Å². The molecule has 0 saturated carbocycles. The van der Waals surface area contributed by atoms with Gasteiger partial charge in [0.05, 0.1) is 6.42 Å². The molecule has 3 aliphatic heterocycles. The van der Waals surface area contributed by atoms with Crippen LogP contribution in [0.25, 0.3) is 0 Å². The zero-order chi connectivity index (χ0) is 16.1. The first-order chi connectivity index (χ1) is 11.2. The summed E-state index contributed by atoms with van der Waals surface area (Å²) in [7, 11) is 0. The maximum atomic E-state index is 10.8. The summed E-state index contributed by atoms with van der Waals surface area (Å²) in [4.78, 5) is 15.9. The van der Waals surface area contributed by atoms with Crippen molar-refractivity contribution >= 4 is 5.97 Å². The van der Waals surface area contributed by atoms with E-state index in [0.717, 1.165) is 32.0 Å². The number of piperidine rings is 1. The van der Waals surface area contributed by atoms with E-state index >= 15 is 0 Å². The Balaban J connectivity index is 1.48. The van der Waals surface area contributed by atoms with E-state index in [-0.39, 0.29) is 6.42 Å². The first kappa shape index (κ1) is 16.5. The predicted octanol–water partition coefficient (Wildman–Crippen LogP) is 2.49. The lowest BCUT2D eigenvalue weighted by Gasteiger charge is -2.35. The van der Waals surface area contributed by atoms with Gasteiger partial charge in [-0.15, -0.1) is 0 Å². The smallest absolute Gasteiger partial charge is 0.304 e. The fourth-order valence-corrected chi connectivity index (χ4v) is 4.12. The Morgan fingerprint density at radius 3 is 2.70 bits per heavy atom. The zero-order valence-corrected chi connectivity index (χ0v) is 13.9. The number of hydrogen-bond donors (Lipinski definition) is 1. The second kappa shape index (κ2) is 7.93. The number of carboxylic acid groups (broad SMARTS) is 1. The van der Waals surface area contributed by atoms with E-state index in [1.165, 1.54) is 31.4 Å². The van der Waals surface area contributed by atoms with E-state index in [1.54, 1.807) is 0 Å². The van der Waals surface area contributed by atoms with E-state index in [2.05, 4.69) is 40.1 Å². The van der Waals surface area contributed by atoms with Gasteiger partial charge in [0.2, 0.25) is 0 Å². The molecule has 4 heteroatoms. The van der Waals surface area contributed by atoms with E-state index in [1.807, 2.05) is 0 Å². The molecule has 0 aliphatic carbocycles. The van der Waals surface area contributed by atoms with Crippen LogP contribution in [-0.4, -0.2) is 59.6 Å². The highest BCUT2D eigenvalue weighted by atomic mass is 16.4. The molecule has 23 heavy (non-hydrogen) atoms. The van der Waals surface area contributed by atoms with E-state index < -0.39 is 5.97 Å². The number of aryl methyl sites for hydroxylation is 1. The lowest BCUT2D eigenvalue weighted by atomic mass is 9.95. The van der Waals surface area contributed by atoms with Gasteiger partial charge in [0, 0.05) is 32.2 Å². The van der Waals surface area contributed by atoms with E-state index in [9.17, 15) is 4.79 Å². The molecule has 0 amide bonds. The van der Waals surface area contributed by atoms with Crippen LogP contribution in [0, 0.1) is 5.92 Å². The van der Waals surface area contributed by atoms with Gasteiger partial charge in [0.25, 0.3) is 0 Å². The monoisotopic (exact) mass is 316 g/mol. The number of carbonyl (C=O) groups is 1. The van der Waals surface area contributed by atoms with Gasteiger partial charge in [-0.05, 0) is 43.7 Å². The minimum absolute atomic E-state index is 0.275. The molecule has 4 nitrogen and oxygen atoms in total. The number of carboxylic acids is 1. The van der Waals surface area contributed by atoms with E-state index in [0.29, 0.717) is 12.6 Å². The van der Waals surface area contributed by atoms with Crippen LogP contribution in [-0.2, 0) is 11.2 Å². The van der Waals surface area contributed by atoms with Crippen LogP contribution in [0.1, 0.15) is 31.2 Å². The van der Waals surface area contributed by atoms with Crippen molar-refractivity contribution in [2.75, 3.05) is 32.7 Å². The van der Waals surface area contributed by atoms with Gasteiger partial charge in [0.15, 0.2) is 0 Å². The molecule has 3 saturated heterocycles. The molecule has 1 aromatic rings. The van der Waals surface area contributed by atoms with Gasteiger partial charge in [-0.3, -0.25) is 9.69 Å². The summed E-state index contributed by atoms with van der Waals surface area (Å²) >= 11 is 0. The average molecular weight is 316 g/mol. The highest BCUT2D eigenvalue weighted by Gasteiger charge is 2.34. The number of rotatable bonds is 7. The van der Waals surface area contributed by atoms with Gasteiger partial charge in [-0.1, -0.05) is 30.3 Å². The van der Waals surface area contributed by atoms with Crippen LogP contribution in [0.5, 0.6) is 0 Å². The largest absolute Gasteiger partial charge is 0.481 e. The number of hydrogen-bond acceptors (Lipinski definition) is 3. The van der Waals surface area contributed by atoms with Gasteiger partial charge in [-0.2, -0.15) is 0 Å². The third-order valence-corrected chi connectivity index (χ3v) is 5.30. The Morgan fingerprint density at radius 2 is 1.91 bits per heavy atom. The number of nitrogens with zero attached hydrogens (tertiary/aromatic N) is 2. The maximum absolute atomic E-state index is 10.8. The minimum Gasteiger partial charge on any atom is -0.481 e. The van der Waals surface area contributed by atoms with Crippen molar-refractivity contribution < 1.29 is 9.90 Å². The Morgan fingerprint density at radius 1 is 1.09 bits per heavy atom. The molecule has 3 aliphatic rings. The van der Waals surface area contributed by atoms with Crippen molar-refractivity contribution in [2.24, 2.45) is 5.92 Å². The molecule has 3 heterocycles. The van der Waals surface area contributed by atoms with Crippen molar-refractivity contribution in [1.29, 1.82) is 0 Å². The maximum Gasteiger partial charge on any atom is 0.304 e. The molecular formula is C19H28N2O2. The summed E-state index contributed by atoms with van der Waals surface area (Å²) in [5, 5.41) is 8.92. The van der Waals surface area contributed by atoms with Crippen LogP contribution in [0.15, 0.2) is 30.3 Å². The Hall–Kier alpha value is -1.39. The third-order valence-electron chi connectivity index (χ3n) is 5.30. The van der Waals surface area contributed by atoms with Crippen LogP contribution in [0.2, 0.25) is 0 Å². The fourth-order valence-electron chi connectivity index (χ4n) is 4.12. The zero-order valence-electron chi connectivity index (χ0n) is 13.9. The molecule has 4 rings (SSSR count). The van der Waals surface area contributed by atoms with Crippen molar-refractivity contribution in [3.05, 3.63) is 35.9 Å². The van der Waals surface area contributed by atoms with Crippen LogP contribution in [0.3, 0.4) is 0 Å². The van der Waals surface area contributed by atoms with Crippen molar-refractivity contribution in [2.45, 2.75) is 38.1 Å². The molecule has 0 spiro atoms. The third kappa shape index (κ3) is 4.79. The van der Waals surface area contributed by atoms with Gasteiger partial charge in [-0.25, -0.2) is 0 Å². The van der Waals surface area contributed by atoms with Gasteiger partial charge in [0.1, 0.15) is 0 Å². The summed E-state index contributed by atoms with van der Waals surface area (Å²) in [6, 6.07) is 11.3. The molecule has 2 atom stereocenters. The molecule has 126 valence electrons. The molecular weight excluding hydrogens is 288 g/mol. The lowest BCUT2D eigenvalue weighted by molar-refractivity contribution is -0.137. The first-order valence-electron chi connectivity index (χ1n) is 8.93. The Labute approximate surface area is 139 Å². The number of aliphatic carboxylic acids is 1. The molecule has 0 aromatic heterocycles. The second-order valence-corrected chi connectivity index (χ2v) is 7.08. The summed E-state index contributed by atoms with van der Waals surface area (Å²) in [5.41, 5.74) is 1.42. The van der Waals surface area contributed by atoms with Gasteiger partial charge < -0.3 is 10.0 Å².